The van der Waals surface area contributed by atoms with Gasteiger partial charge in [-0.05, 0) is 23.9 Å². The molecular weight excluding hydrogens is 822 g/mol. The summed E-state index contributed by atoms with van der Waals surface area (Å²) in [5, 5.41) is 15.4. The van der Waals surface area contributed by atoms with E-state index in [9.17, 15) is 4.79 Å². The number of aryl methyl sites for hydroxylation is 2. The molecule has 6 rings (SSSR count). The van der Waals surface area contributed by atoms with Crippen molar-refractivity contribution < 1.29 is 33.9 Å². The molecule has 0 aromatic heterocycles. The number of hydrogen-bond acceptors (Lipinski definition) is 7. The zero-order valence-corrected chi connectivity index (χ0v) is 34.4. The van der Waals surface area contributed by atoms with E-state index >= 15 is 0 Å². The third-order valence-electron chi connectivity index (χ3n) is 7.41. The Morgan fingerprint density at radius 1 is 0.756 bits per heavy atom. The van der Waals surface area contributed by atoms with Crippen molar-refractivity contribution in [3.63, 3.8) is 0 Å². The van der Waals surface area contributed by atoms with Crippen molar-refractivity contribution in [2.75, 3.05) is 41.5 Å². The largest absolute Gasteiger partial charge is 0.480 e. The molecule has 3 heterocycles. The van der Waals surface area contributed by atoms with E-state index in [2.05, 4.69) is 107 Å². The minimum absolute atomic E-state index is 0. The molecule has 0 aliphatic carbocycles. The summed E-state index contributed by atoms with van der Waals surface area (Å²) in [6.07, 6.45) is 5.27. The third-order valence-corrected chi connectivity index (χ3v) is 7.41. The fourth-order valence-electron chi connectivity index (χ4n) is 5.03. The Balaban J connectivity index is 0.000000536. The molecule has 3 aromatic rings. The number of aliphatic hydroxyl groups excluding tert-OH is 1. The second-order valence-electron chi connectivity index (χ2n) is 10.6. The summed E-state index contributed by atoms with van der Waals surface area (Å²) >= 11 is 0. The van der Waals surface area contributed by atoms with Crippen LogP contribution < -0.4 is 22.1 Å². The van der Waals surface area contributed by atoms with Crippen molar-refractivity contribution in [3.8, 4) is 0 Å². The van der Waals surface area contributed by atoms with Gasteiger partial charge >= 0.3 is 12.9 Å². The standard InChI is InChI=1S/2C9H11B.C8H9BO.C3H6O3.C2H7NO.C2H6O2.Rf/c2*1-10-7-6-8-4-2-3-5-9(8)10;1-9-8-5-3-2-4-7(8)6-10-9;1-6-2-3(4)5;2*1-4-2-3;/h2*2-5H,6-7H2,1H3;2-5H,6H2,1H3;2H2,1H3,(H,4,5);2-3H2,1H3;3H,2H2,1H3;. The SMILES string of the molecule is CB1CCc2ccccc21.CB1CCc2ccccc21.CB1OCc2ccccc21.COCC(=O)O.COCN.COCO.[Rf]. The van der Waals surface area contributed by atoms with E-state index < -0.39 is 5.97 Å². The normalized spacial score (nSPS) is 12.8. The first kappa shape index (κ1) is 41.1. The Hall–Kier alpha value is -3.92. The van der Waals surface area contributed by atoms with Crippen molar-refractivity contribution in [3.05, 3.63) is 89.5 Å². The average molecular weight is 872 g/mol. The van der Waals surface area contributed by atoms with Gasteiger partial charge in [0.25, 0.3) is 0 Å². The molecule has 0 saturated heterocycles. The minimum Gasteiger partial charge on any atom is -0.480 e. The van der Waals surface area contributed by atoms with Gasteiger partial charge in [-0.15, -0.1) is 0 Å². The number of carbonyl (C=O) groups is 1. The molecule has 0 atom stereocenters. The van der Waals surface area contributed by atoms with Crippen LogP contribution in [0.1, 0.15) is 16.7 Å². The monoisotopic (exact) mass is 873 g/mol. The summed E-state index contributed by atoms with van der Waals surface area (Å²) in [5.74, 6) is -0.933. The van der Waals surface area contributed by atoms with Crippen molar-refractivity contribution >= 4 is 42.7 Å². The summed E-state index contributed by atoms with van der Waals surface area (Å²) in [4.78, 5) is 9.47. The summed E-state index contributed by atoms with van der Waals surface area (Å²) in [6, 6.07) is 25.9. The Bertz CT molecular complexity index is 1070. The number of ether oxygens (including phenoxy) is 3. The summed E-state index contributed by atoms with van der Waals surface area (Å²) in [6.45, 7) is 9.34. The molecule has 12 heteroatoms. The van der Waals surface area contributed by atoms with Gasteiger partial charge in [0.1, 0.15) is 13.4 Å². The van der Waals surface area contributed by atoms with Crippen molar-refractivity contribution in [2.24, 2.45) is 5.73 Å². The number of nitrogens with two attached hydrogens (primary N) is 1. The van der Waals surface area contributed by atoms with Gasteiger partial charge in [0.2, 0.25) is 0 Å². The van der Waals surface area contributed by atoms with Crippen molar-refractivity contribution in [1.29, 1.82) is 0 Å². The molecule has 0 bridgehead atoms. The molecule has 3 aromatic carbocycles. The molecule has 0 unspecified atom stereocenters. The van der Waals surface area contributed by atoms with E-state index in [0.29, 0.717) is 13.6 Å². The van der Waals surface area contributed by atoms with Crippen LogP contribution in [0.25, 0.3) is 0 Å². The van der Waals surface area contributed by atoms with Gasteiger partial charge in [-0.1, -0.05) is 128 Å². The van der Waals surface area contributed by atoms with Gasteiger partial charge in [0.05, 0.1) is 13.3 Å². The first-order chi connectivity index (χ1) is 21.2. The number of aliphatic hydroxyl groups is 1. The van der Waals surface area contributed by atoms with Crippen LogP contribution in [0.3, 0.4) is 0 Å². The van der Waals surface area contributed by atoms with Crippen LogP contribution in [0, 0.1) is 0 Å². The van der Waals surface area contributed by atoms with E-state index in [4.69, 9.17) is 20.6 Å². The number of methoxy groups -OCH3 is 3. The Kier molecular flexibility index (Phi) is 22.3. The Morgan fingerprint density at radius 2 is 1.16 bits per heavy atom. The fraction of sp³-hybridized carbons (Fsp3) is 0.424. The van der Waals surface area contributed by atoms with Crippen molar-refractivity contribution in [1.82, 2.24) is 0 Å². The Labute approximate surface area is 265 Å². The molecule has 0 saturated carbocycles. The third kappa shape index (κ3) is 15.6. The van der Waals surface area contributed by atoms with E-state index in [-0.39, 0.29) is 13.4 Å². The smallest absolute Gasteiger partial charge is 0.329 e. The molecule has 0 amide bonds. The van der Waals surface area contributed by atoms with Crippen LogP contribution in [0.2, 0.25) is 33.1 Å². The molecule has 4 N–H and O–H groups in total. The van der Waals surface area contributed by atoms with Crippen LogP contribution >= 0.6 is 0 Å². The predicted molar refractivity (Wildman–Crippen MR) is 185 cm³/mol. The minimum atomic E-state index is -0.933. The van der Waals surface area contributed by atoms with Crippen LogP contribution in [0.4, 0.5) is 0 Å². The number of fused-ring (bicyclic) bond motifs is 3. The summed E-state index contributed by atoms with van der Waals surface area (Å²) < 4.78 is 18.0. The second kappa shape index (κ2) is 24.4. The van der Waals surface area contributed by atoms with Crippen LogP contribution in [-0.4, -0.2) is 78.0 Å². The van der Waals surface area contributed by atoms with Gasteiger partial charge in [0, 0.05) is 21.3 Å². The second-order valence-corrected chi connectivity index (χ2v) is 10.6. The van der Waals surface area contributed by atoms with E-state index in [1.807, 2.05) is 0 Å². The number of carboxylic acid groups (broad SMARTS) is 1. The van der Waals surface area contributed by atoms with Gasteiger partial charge in [0.15, 0.2) is 13.4 Å². The maximum atomic E-state index is 9.47. The quantitative estimate of drug-likeness (QED) is 0.271. The fourth-order valence-corrected chi connectivity index (χ4v) is 5.03. The maximum absolute atomic E-state index is 9.47. The molecule has 8 nitrogen and oxygen atoms in total. The molecule has 240 valence electrons. The number of benzene rings is 3. The predicted octanol–water partition coefficient (Wildman–Crippen LogP) is 3.04. The molecule has 45 heavy (non-hydrogen) atoms. The van der Waals surface area contributed by atoms with Crippen molar-refractivity contribution in [2.45, 2.75) is 52.6 Å². The summed E-state index contributed by atoms with van der Waals surface area (Å²) in [7, 11) is 4.33. The molecular formula is C33H50B3NO7Rf. The van der Waals surface area contributed by atoms with Gasteiger partial charge in [-0.2, -0.15) is 0 Å². The number of hydrogen-bond donors (Lipinski definition) is 3. The summed E-state index contributed by atoms with van der Waals surface area (Å²) in [5.41, 5.74) is 13.8. The zero-order chi connectivity index (χ0) is 32.7. The van der Waals surface area contributed by atoms with Crippen LogP contribution in [0.15, 0.2) is 72.8 Å². The number of carboxylic acids is 1. The average Bonchev–Trinajstić information content (AvgIpc) is 3.75. The van der Waals surface area contributed by atoms with Crippen LogP contribution in [0.5, 0.6) is 0 Å². The molecule has 0 spiro atoms. The molecule has 0 fully saturated rings. The zero-order valence-electron chi connectivity index (χ0n) is 28.0. The van der Waals surface area contributed by atoms with E-state index in [1.54, 1.807) is 29.2 Å². The van der Waals surface area contributed by atoms with Gasteiger partial charge in [-0.25, -0.2) is 4.79 Å². The Morgan fingerprint density at radius 3 is 1.47 bits per heavy atom. The molecule has 0 radical (unpaired) electrons. The maximum Gasteiger partial charge on any atom is 0.329 e. The van der Waals surface area contributed by atoms with E-state index in [1.165, 1.54) is 50.7 Å². The number of aliphatic carboxylic acids is 1. The first-order valence-electron chi connectivity index (χ1n) is 15.1. The topological polar surface area (TPSA) is 120 Å². The van der Waals surface area contributed by atoms with E-state index in [0.717, 1.165) is 20.0 Å². The van der Waals surface area contributed by atoms with Gasteiger partial charge < -0.3 is 34.8 Å². The number of rotatable bonds is 4. The molecule has 3 aliphatic heterocycles. The van der Waals surface area contributed by atoms with Crippen LogP contribution in [-0.2, 0) is 43.1 Å². The van der Waals surface area contributed by atoms with Gasteiger partial charge in [-0.3, -0.25) is 0 Å². The molecule has 3 aliphatic rings. The first-order valence-corrected chi connectivity index (χ1v) is 15.1.